The van der Waals surface area contributed by atoms with Crippen LogP contribution in [-0.4, -0.2) is 48.1 Å². The molecule has 86 valence electrons. The summed E-state index contributed by atoms with van der Waals surface area (Å²) in [6.07, 6.45) is 3.01. The smallest absolute Gasteiger partial charge is 0.312 e. The van der Waals surface area contributed by atoms with E-state index in [1.807, 2.05) is 0 Å². The van der Waals surface area contributed by atoms with Crippen molar-refractivity contribution in [3.8, 4) is 0 Å². The highest BCUT2D eigenvalue weighted by Gasteiger charge is 2.11. The Bertz CT molecular complexity index is 225. The molecule has 0 bridgehead atoms. The van der Waals surface area contributed by atoms with Gasteiger partial charge in [-0.05, 0) is 38.9 Å². The fourth-order valence-corrected chi connectivity index (χ4v) is 1.74. The van der Waals surface area contributed by atoms with Gasteiger partial charge in [0.05, 0.1) is 0 Å². The molecule has 0 radical (unpaired) electrons. The lowest BCUT2D eigenvalue weighted by Crippen LogP contribution is -2.29. The van der Waals surface area contributed by atoms with Crippen molar-refractivity contribution < 1.29 is 14.7 Å². The van der Waals surface area contributed by atoms with E-state index in [4.69, 9.17) is 5.11 Å². The Morgan fingerprint density at radius 2 is 1.93 bits per heavy atom. The van der Waals surface area contributed by atoms with Crippen LogP contribution in [0.3, 0.4) is 0 Å². The number of nitrogens with zero attached hydrogens (tertiary/aromatic N) is 1. The molecule has 1 amide bonds. The van der Waals surface area contributed by atoms with Crippen LogP contribution in [0.25, 0.3) is 0 Å². The number of aliphatic carboxylic acids is 1. The fraction of sp³-hybridized carbons (Fsp3) is 0.800. The van der Waals surface area contributed by atoms with Crippen LogP contribution in [0.5, 0.6) is 0 Å². The molecule has 0 aromatic heterocycles. The van der Waals surface area contributed by atoms with Gasteiger partial charge in [-0.15, -0.1) is 0 Å². The summed E-state index contributed by atoms with van der Waals surface area (Å²) in [5.74, 6) is -1.48. The van der Waals surface area contributed by atoms with Crippen LogP contribution in [0.4, 0.5) is 0 Å². The zero-order valence-electron chi connectivity index (χ0n) is 8.87. The zero-order valence-corrected chi connectivity index (χ0v) is 8.87. The highest BCUT2D eigenvalue weighted by atomic mass is 16.4. The molecule has 1 aliphatic heterocycles. The molecule has 0 spiro atoms. The van der Waals surface area contributed by atoms with Crippen molar-refractivity contribution in [1.82, 2.24) is 10.2 Å². The largest absolute Gasteiger partial charge is 0.481 e. The van der Waals surface area contributed by atoms with Gasteiger partial charge in [0.1, 0.15) is 6.42 Å². The van der Waals surface area contributed by atoms with E-state index in [0.717, 1.165) is 26.1 Å². The lowest BCUT2D eigenvalue weighted by Gasteiger charge is -2.13. The van der Waals surface area contributed by atoms with E-state index in [9.17, 15) is 9.59 Å². The van der Waals surface area contributed by atoms with Crippen LogP contribution >= 0.6 is 0 Å². The molecule has 5 heteroatoms. The predicted octanol–water partition coefficient (Wildman–Crippen LogP) is 0.0632. The van der Waals surface area contributed by atoms with Crippen molar-refractivity contribution >= 4 is 11.9 Å². The maximum atomic E-state index is 10.9. The molecule has 0 aliphatic carbocycles. The van der Waals surface area contributed by atoms with E-state index in [0.29, 0.717) is 6.54 Å². The van der Waals surface area contributed by atoms with E-state index in [-0.39, 0.29) is 0 Å². The Morgan fingerprint density at radius 1 is 1.27 bits per heavy atom. The van der Waals surface area contributed by atoms with Gasteiger partial charge in [0.2, 0.25) is 5.91 Å². The van der Waals surface area contributed by atoms with E-state index in [1.165, 1.54) is 12.8 Å². The summed E-state index contributed by atoms with van der Waals surface area (Å²) in [6, 6.07) is 0. The molecule has 1 saturated heterocycles. The van der Waals surface area contributed by atoms with Gasteiger partial charge in [0.15, 0.2) is 0 Å². The molecule has 0 saturated carbocycles. The van der Waals surface area contributed by atoms with Gasteiger partial charge in [-0.1, -0.05) is 0 Å². The maximum Gasteiger partial charge on any atom is 0.312 e. The zero-order chi connectivity index (χ0) is 11.1. The number of nitrogens with one attached hydrogen (secondary N) is 1. The summed E-state index contributed by atoms with van der Waals surface area (Å²) >= 11 is 0. The lowest BCUT2D eigenvalue weighted by atomic mass is 10.3. The third-order valence-corrected chi connectivity index (χ3v) is 2.48. The second-order valence-corrected chi connectivity index (χ2v) is 3.82. The first-order valence-electron chi connectivity index (χ1n) is 5.39. The van der Waals surface area contributed by atoms with Crippen LogP contribution < -0.4 is 5.32 Å². The fourth-order valence-electron chi connectivity index (χ4n) is 1.74. The summed E-state index contributed by atoms with van der Waals surface area (Å²) in [4.78, 5) is 23.5. The minimum Gasteiger partial charge on any atom is -0.481 e. The van der Waals surface area contributed by atoms with Gasteiger partial charge in [-0.25, -0.2) is 0 Å². The number of carbonyl (C=O) groups is 2. The molecule has 0 unspecified atom stereocenters. The number of rotatable bonds is 6. The first kappa shape index (κ1) is 12.0. The SMILES string of the molecule is O=C(O)CC(=O)NCCCN1CCCC1. The van der Waals surface area contributed by atoms with Gasteiger partial charge >= 0.3 is 5.97 Å². The molecule has 2 N–H and O–H groups in total. The minimum absolute atomic E-state index is 0.399. The molecular weight excluding hydrogens is 196 g/mol. The average molecular weight is 214 g/mol. The van der Waals surface area contributed by atoms with E-state index in [1.54, 1.807) is 0 Å². The highest BCUT2D eigenvalue weighted by Crippen LogP contribution is 2.06. The molecule has 15 heavy (non-hydrogen) atoms. The van der Waals surface area contributed by atoms with Gasteiger partial charge in [0.25, 0.3) is 0 Å². The summed E-state index contributed by atoms with van der Waals surface area (Å²) in [7, 11) is 0. The number of likely N-dealkylation sites (tertiary alicyclic amines) is 1. The van der Waals surface area contributed by atoms with Gasteiger partial charge in [-0.3, -0.25) is 9.59 Å². The van der Waals surface area contributed by atoms with Crippen LogP contribution in [-0.2, 0) is 9.59 Å². The van der Waals surface area contributed by atoms with E-state index < -0.39 is 18.3 Å². The summed E-state index contributed by atoms with van der Waals surface area (Å²) in [6.45, 7) is 3.88. The van der Waals surface area contributed by atoms with Crippen LogP contribution in [0.2, 0.25) is 0 Å². The average Bonchev–Trinajstić information content (AvgIpc) is 2.63. The van der Waals surface area contributed by atoms with Crippen molar-refractivity contribution in [2.75, 3.05) is 26.2 Å². The molecular formula is C10H18N2O3. The standard InChI is InChI=1S/C10H18N2O3/c13-9(8-10(14)15)11-4-3-7-12-5-1-2-6-12/h1-8H2,(H,11,13)(H,14,15). The Morgan fingerprint density at radius 3 is 2.53 bits per heavy atom. The third kappa shape index (κ3) is 5.37. The van der Waals surface area contributed by atoms with Crippen LogP contribution in [0.15, 0.2) is 0 Å². The summed E-state index contributed by atoms with van der Waals surface area (Å²) < 4.78 is 0. The molecule has 1 rings (SSSR count). The molecule has 1 aliphatic rings. The Kier molecular flexibility index (Phi) is 5.10. The Hall–Kier alpha value is -1.10. The number of carbonyl (C=O) groups excluding carboxylic acids is 1. The van der Waals surface area contributed by atoms with Crippen molar-refractivity contribution in [2.45, 2.75) is 25.7 Å². The quantitative estimate of drug-likeness (QED) is 0.484. The molecule has 0 aromatic rings. The lowest BCUT2D eigenvalue weighted by molar-refractivity contribution is -0.140. The first-order valence-corrected chi connectivity index (χ1v) is 5.39. The highest BCUT2D eigenvalue weighted by molar-refractivity contribution is 5.93. The first-order chi connectivity index (χ1) is 7.18. The van der Waals surface area contributed by atoms with Gasteiger partial charge in [-0.2, -0.15) is 0 Å². The second-order valence-electron chi connectivity index (χ2n) is 3.82. The van der Waals surface area contributed by atoms with Crippen LogP contribution in [0, 0.1) is 0 Å². The minimum atomic E-state index is -1.08. The van der Waals surface area contributed by atoms with Gasteiger partial charge < -0.3 is 15.3 Å². The number of carboxylic acids is 1. The third-order valence-electron chi connectivity index (χ3n) is 2.48. The van der Waals surface area contributed by atoms with Crippen molar-refractivity contribution in [3.63, 3.8) is 0 Å². The second kappa shape index (κ2) is 6.40. The number of hydrogen-bond acceptors (Lipinski definition) is 3. The van der Waals surface area contributed by atoms with Gasteiger partial charge in [0, 0.05) is 6.54 Å². The van der Waals surface area contributed by atoms with Crippen LogP contribution in [0.1, 0.15) is 25.7 Å². The van der Waals surface area contributed by atoms with Crippen molar-refractivity contribution in [1.29, 1.82) is 0 Å². The monoisotopic (exact) mass is 214 g/mol. The Labute approximate surface area is 89.4 Å². The van der Waals surface area contributed by atoms with Crippen molar-refractivity contribution in [3.05, 3.63) is 0 Å². The van der Waals surface area contributed by atoms with Crippen molar-refractivity contribution in [2.24, 2.45) is 0 Å². The molecule has 1 fully saturated rings. The topological polar surface area (TPSA) is 69.6 Å². The number of hydrogen-bond donors (Lipinski definition) is 2. The number of amides is 1. The molecule has 0 atom stereocenters. The van der Waals surface area contributed by atoms with E-state index in [2.05, 4.69) is 10.2 Å². The summed E-state index contributed by atoms with van der Waals surface area (Å²) in [5.41, 5.74) is 0. The maximum absolute atomic E-state index is 10.9. The van der Waals surface area contributed by atoms with E-state index >= 15 is 0 Å². The predicted molar refractivity (Wildman–Crippen MR) is 55.6 cm³/mol. The molecule has 5 nitrogen and oxygen atoms in total. The normalized spacial score (nSPS) is 16.5. The molecule has 1 heterocycles. The molecule has 0 aromatic carbocycles. The number of carboxylic acid groups (broad SMARTS) is 1. The Balaban J connectivity index is 1.96. The summed E-state index contributed by atoms with van der Waals surface area (Å²) in [5, 5.41) is 10.9.